The van der Waals surface area contributed by atoms with Crippen molar-refractivity contribution < 1.29 is 14.6 Å². The van der Waals surface area contributed by atoms with E-state index in [2.05, 4.69) is 0 Å². The number of methoxy groups -OCH3 is 1. The highest BCUT2D eigenvalue weighted by molar-refractivity contribution is 8.27. The van der Waals surface area contributed by atoms with Crippen LogP contribution < -0.4 is 9.64 Å². The van der Waals surface area contributed by atoms with Crippen molar-refractivity contribution in [2.75, 3.05) is 12.0 Å². The van der Waals surface area contributed by atoms with Crippen molar-refractivity contribution in [3.05, 3.63) is 58.5 Å². The van der Waals surface area contributed by atoms with Crippen LogP contribution in [0.1, 0.15) is 11.1 Å². The fourth-order valence-corrected chi connectivity index (χ4v) is 3.71. The normalized spacial score (nSPS) is 16.1. The Balaban J connectivity index is 1.96. The van der Waals surface area contributed by atoms with Gasteiger partial charge in [-0.25, -0.2) is 0 Å². The molecule has 24 heavy (non-hydrogen) atoms. The molecule has 1 fully saturated rings. The van der Waals surface area contributed by atoms with Gasteiger partial charge in [-0.1, -0.05) is 48.2 Å². The average Bonchev–Trinajstić information content (AvgIpc) is 2.84. The topological polar surface area (TPSA) is 49.8 Å². The molecule has 0 bridgehead atoms. The molecule has 1 amide bonds. The van der Waals surface area contributed by atoms with Crippen molar-refractivity contribution in [3.63, 3.8) is 0 Å². The maximum atomic E-state index is 12.8. The Labute approximate surface area is 149 Å². The van der Waals surface area contributed by atoms with Gasteiger partial charge in [0.05, 0.1) is 17.7 Å². The number of amides is 1. The molecule has 2 aromatic rings. The molecule has 0 aliphatic carbocycles. The molecule has 0 aromatic heterocycles. The third-order valence-corrected chi connectivity index (χ3v) is 4.95. The van der Waals surface area contributed by atoms with E-state index >= 15 is 0 Å². The van der Waals surface area contributed by atoms with E-state index in [-0.39, 0.29) is 11.7 Å². The summed E-state index contributed by atoms with van der Waals surface area (Å²) in [6.07, 6.45) is 1.75. The number of benzene rings is 2. The van der Waals surface area contributed by atoms with Crippen molar-refractivity contribution in [3.8, 4) is 11.5 Å². The maximum absolute atomic E-state index is 12.8. The van der Waals surface area contributed by atoms with Crippen LogP contribution in [-0.4, -0.2) is 22.4 Å². The van der Waals surface area contributed by atoms with Crippen LogP contribution in [0.5, 0.6) is 11.5 Å². The van der Waals surface area contributed by atoms with E-state index in [9.17, 15) is 9.90 Å². The van der Waals surface area contributed by atoms with Crippen LogP contribution in [0.25, 0.3) is 6.08 Å². The van der Waals surface area contributed by atoms with Crippen molar-refractivity contribution in [2.45, 2.75) is 6.92 Å². The van der Waals surface area contributed by atoms with E-state index in [0.717, 1.165) is 16.8 Å². The zero-order valence-electron chi connectivity index (χ0n) is 13.1. The standard InChI is InChI=1S/C18H15NO3S2/c1-11-5-3-4-6-13(11)19-17(21)16(24-18(19)23)10-12-7-8-14(20)15(9-12)22-2/h3-10,20H,1-2H3. The van der Waals surface area contributed by atoms with Crippen LogP contribution in [0.3, 0.4) is 0 Å². The SMILES string of the molecule is COc1cc(C=C2SC(=S)N(c3ccccc3C)C2=O)ccc1O. The van der Waals surface area contributed by atoms with E-state index in [4.69, 9.17) is 17.0 Å². The lowest BCUT2D eigenvalue weighted by Crippen LogP contribution is -2.28. The maximum Gasteiger partial charge on any atom is 0.270 e. The summed E-state index contributed by atoms with van der Waals surface area (Å²) in [5.41, 5.74) is 2.54. The van der Waals surface area contributed by atoms with Gasteiger partial charge in [0.2, 0.25) is 0 Å². The lowest BCUT2D eigenvalue weighted by molar-refractivity contribution is -0.113. The molecular formula is C18H15NO3S2. The Hall–Kier alpha value is -2.31. The van der Waals surface area contributed by atoms with Gasteiger partial charge in [-0.2, -0.15) is 0 Å². The molecule has 1 aliphatic rings. The molecule has 1 heterocycles. The summed E-state index contributed by atoms with van der Waals surface area (Å²) in [6, 6.07) is 12.6. The van der Waals surface area contributed by atoms with Gasteiger partial charge in [-0.3, -0.25) is 9.69 Å². The smallest absolute Gasteiger partial charge is 0.270 e. The summed E-state index contributed by atoms with van der Waals surface area (Å²) < 4.78 is 5.60. The number of rotatable bonds is 3. The molecule has 0 unspecified atom stereocenters. The first-order valence-electron chi connectivity index (χ1n) is 7.22. The summed E-state index contributed by atoms with van der Waals surface area (Å²) in [5, 5.41) is 9.66. The number of phenols is 1. The quantitative estimate of drug-likeness (QED) is 0.662. The number of aromatic hydroxyl groups is 1. The van der Waals surface area contributed by atoms with Gasteiger partial charge in [0.25, 0.3) is 5.91 Å². The van der Waals surface area contributed by atoms with Crippen LogP contribution in [0.4, 0.5) is 5.69 Å². The van der Waals surface area contributed by atoms with Crippen molar-refractivity contribution >= 4 is 46.0 Å². The molecule has 0 saturated carbocycles. The number of anilines is 1. The highest BCUT2D eigenvalue weighted by Gasteiger charge is 2.33. The van der Waals surface area contributed by atoms with Gasteiger partial charge in [-0.05, 0) is 42.3 Å². The third kappa shape index (κ3) is 3.02. The fourth-order valence-electron chi connectivity index (χ4n) is 2.43. The monoisotopic (exact) mass is 357 g/mol. The average molecular weight is 357 g/mol. The summed E-state index contributed by atoms with van der Waals surface area (Å²) in [7, 11) is 1.48. The van der Waals surface area contributed by atoms with Crippen LogP contribution in [0.15, 0.2) is 47.4 Å². The summed E-state index contributed by atoms with van der Waals surface area (Å²) in [5.74, 6) is 0.270. The Morgan fingerprint density at radius 3 is 2.71 bits per heavy atom. The second-order valence-electron chi connectivity index (χ2n) is 5.23. The lowest BCUT2D eigenvalue weighted by Gasteiger charge is -2.16. The zero-order valence-corrected chi connectivity index (χ0v) is 14.8. The number of thioether (sulfide) groups is 1. The number of hydrogen-bond acceptors (Lipinski definition) is 5. The number of nitrogens with zero attached hydrogens (tertiary/aromatic N) is 1. The third-order valence-electron chi connectivity index (χ3n) is 3.65. The van der Waals surface area contributed by atoms with Crippen LogP contribution >= 0.6 is 24.0 Å². The van der Waals surface area contributed by atoms with Crippen LogP contribution in [0, 0.1) is 6.92 Å². The second-order valence-corrected chi connectivity index (χ2v) is 6.91. The van der Waals surface area contributed by atoms with Gasteiger partial charge in [0, 0.05) is 0 Å². The van der Waals surface area contributed by atoms with E-state index in [1.165, 1.54) is 24.9 Å². The molecule has 122 valence electrons. The molecule has 4 nitrogen and oxygen atoms in total. The zero-order chi connectivity index (χ0) is 17.3. The minimum Gasteiger partial charge on any atom is -0.504 e. The minimum absolute atomic E-state index is 0.0575. The van der Waals surface area contributed by atoms with Crippen molar-refractivity contribution in [1.82, 2.24) is 0 Å². The van der Waals surface area contributed by atoms with Gasteiger partial charge >= 0.3 is 0 Å². The summed E-state index contributed by atoms with van der Waals surface area (Å²) in [6.45, 7) is 1.95. The highest BCUT2D eigenvalue weighted by atomic mass is 32.2. The number of carbonyl (C=O) groups is 1. The predicted octanol–water partition coefficient (Wildman–Crippen LogP) is 4.12. The number of thiocarbonyl (C=S) groups is 1. The van der Waals surface area contributed by atoms with Crippen LogP contribution in [-0.2, 0) is 4.79 Å². The molecule has 1 N–H and O–H groups in total. The van der Waals surface area contributed by atoms with Gasteiger partial charge in [-0.15, -0.1) is 0 Å². The lowest BCUT2D eigenvalue weighted by atomic mass is 10.1. The number of carbonyl (C=O) groups excluding carboxylic acids is 1. The molecular weight excluding hydrogens is 342 g/mol. The van der Waals surface area contributed by atoms with Gasteiger partial charge in [0.1, 0.15) is 0 Å². The first-order chi connectivity index (χ1) is 11.5. The van der Waals surface area contributed by atoms with Gasteiger partial charge < -0.3 is 9.84 Å². The summed E-state index contributed by atoms with van der Waals surface area (Å²) in [4.78, 5) is 14.9. The van der Waals surface area contributed by atoms with Gasteiger partial charge in [0.15, 0.2) is 15.8 Å². The number of hydrogen-bond donors (Lipinski definition) is 1. The number of ether oxygens (including phenoxy) is 1. The Bertz CT molecular complexity index is 861. The molecule has 0 radical (unpaired) electrons. The number of phenolic OH excluding ortho intramolecular Hbond substituents is 1. The Morgan fingerprint density at radius 2 is 2.00 bits per heavy atom. The molecule has 0 spiro atoms. The highest BCUT2D eigenvalue weighted by Crippen LogP contribution is 2.38. The number of aryl methyl sites for hydroxylation is 1. The largest absolute Gasteiger partial charge is 0.504 e. The second kappa shape index (κ2) is 6.67. The first kappa shape index (κ1) is 16.5. The molecule has 0 atom stereocenters. The molecule has 6 heteroatoms. The number of para-hydroxylation sites is 1. The Kier molecular flexibility index (Phi) is 4.59. The van der Waals surface area contributed by atoms with E-state index in [0.29, 0.717) is 15.0 Å². The minimum atomic E-state index is -0.147. The fraction of sp³-hybridized carbons (Fsp3) is 0.111. The van der Waals surface area contributed by atoms with Crippen molar-refractivity contribution in [1.29, 1.82) is 0 Å². The van der Waals surface area contributed by atoms with Crippen LogP contribution in [0.2, 0.25) is 0 Å². The Morgan fingerprint density at radius 1 is 1.25 bits per heavy atom. The molecule has 1 aliphatic heterocycles. The first-order valence-corrected chi connectivity index (χ1v) is 8.44. The molecule has 2 aromatic carbocycles. The molecule has 3 rings (SSSR count). The summed E-state index contributed by atoms with van der Waals surface area (Å²) >= 11 is 6.65. The van der Waals surface area contributed by atoms with E-state index in [1.807, 2.05) is 31.2 Å². The van der Waals surface area contributed by atoms with E-state index < -0.39 is 0 Å². The molecule has 1 saturated heterocycles. The predicted molar refractivity (Wildman–Crippen MR) is 101 cm³/mol. The van der Waals surface area contributed by atoms with E-state index in [1.54, 1.807) is 23.1 Å². The van der Waals surface area contributed by atoms with Crippen molar-refractivity contribution in [2.24, 2.45) is 0 Å².